The molecule has 1 saturated heterocycles. The van der Waals surface area contributed by atoms with Gasteiger partial charge in [-0.1, -0.05) is 66.7 Å². The third-order valence-electron chi connectivity index (χ3n) is 4.32. The summed E-state index contributed by atoms with van der Waals surface area (Å²) in [5, 5.41) is 2.43. The van der Waals surface area contributed by atoms with E-state index in [1.54, 1.807) is 0 Å². The van der Waals surface area contributed by atoms with Crippen molar-refractivity contribution in [3.8, 4) is 0 Å². The first-order valence-corrected chi connectivity index (χ1v) is 7.61. The first kappa shape index (κ1) is 13.5. The summed E-state index contributed by atoms with van der Waals surface area (Å²) in [4.78, 5) is 0. The van der Waals surface area contributed by atoms with E-state index in [4.69, 9.17) is 9.47 Å². The highest BCUT2D eigenvalue weighted by atomic mass is 16.7. The van der Waals surface area contributed by atoms with Crippen LogP contribution in [-0.4, -0.2) is 6.61 Å². The van der Waals surface area contributed by atoms with Gasteiger partial charge >= 0.3 is 0 Å². The second kappa shape index (κ2) is 5.24. The van der Waals surface area contributed by atoms with Crippen LogP contribution in [0.15, 0.2) is 72.8 Å². The van der Waals surface area contributed by atoms with Gasteiger partial charge in [0.15, 0.2) is 5.79 Å². The van der Waals surface area contributed by atoms with Crippen LogP contribution in [-0.2, 0) is 15.3 Å². The van der Waals surface area contributed by atoms with Gasteiger partial charge in [0.25, 0.3) is 0 Å². The van der Waals surface area contributed by atoms with Crippen molar-refractivity contribution < 1.29 is 9.47 Å². The molecule has 3 aromatic carbocycles. The van der Waals surface area contributed by atoms with Crippen LogP contribution in [0.2, 0.25) is 0 Å². The highest BCUT2D eigenvalue weighted by Crippen LogP contribution is 2.40. The number of hydrogen-bond acceptors (Lipinski definition) is 2. The molecule has 0 aromatic heterocycles. The maximum atomic E-state index is 6.25. The minimum absolute atomic E-state index is 0.0160. The summed E-state index contributed by atoms with van der Waals surface area (Å²) in [6.45, 7) is 2.58. The standard InChI is InChI=1S/C20H18O2/c1-20(18-12-11-15-7-5-6-10-17(15)13-18)21-14-19(22-20)16-8-3-2-4-9-16/h2-13,19H,14H2,1H3/t19-,20+/m0/s1. The second-order valence-electron chi connectivity index (χ2n) is 5.84. The lowest BCUT2D eigenvalue weighted by atomic mass is 10.0. The smallest absolute Gasteiger partial charge is 0.192 e. The molecule has 1 heterocycles. The summed E-state index contributed by atoms with van der Waals surface area (Å²) in [6, 6.07) is 25.0. The van der Waals surface area contributed by atoms with Crippen LogP contribution < -0.4 is 0 Å². The van der Waals surface area contributed by atoms with Crippen LogP contribution in [0.4, 0.5) is 0 Å². The van der Waals surface area contributed by atoms with E-state index in [0.717, 1.165) is 11.1 Å². The lowest BCUT2D eigenvalue weighted by Gasteiger charge is -2.24. The molecule has 2 nitrogen and oxygen atoms in total. The summed E-state index contributed by atoms with van der Waals surface area (Å²) >= 11 is 0. The van der Waals surface area contributed by atoms with Gasteiger partial charge in [-0.2, -0.15) is 0 Å². The SMILES string of the molecule is C[C@@]1(c2ccc3ccccc3c2)OC[C@@H](c2ccccc2)O1. The normalized spacial score (nSPS) is 24.7. The first-order chi connectivity index (χ1) is 10.7. The van der Waals surface area contributed by atoms with Crippen molar-refractivity contribution in [2.24, 2.45) is 0 Å². The van der Waals surface area contributed by atoms with Crippen LogP contribution in [0.1, 0.15) is 24.2 Å². The third kappa shape index (κ3) is 2.31. The molecule has 0 bridgehead atoms. The van der Waals surface area contributed by atoms with Crippen molar-refractivity contribution in [3.05, 3.63) is 83.9 Å². The molecule has 4 rings (SSSR count). The zero-order valence-electron chi connectivity index (χ0n) is 12.5. The minimum Gasteiger partial charge on any atom is -0.343 e. The zero-order valence-corrected chi connectivity index (χ0v) is 12.5. The van der Waals surface area contributed by atoms with E-state index in [1.807, 2.05) is 25.1 Å². The molecule has 3 aromatic rings. The lowest BCUT2D eigenvalue weighted by molar-refractivity contribution is -0.162. The number of rotatable bonds is 2. The molecule has 2 atom stereocenters. The molecule has 0 amide bonds. The molecule has 1 fully saturated rings. The predicted molar refractivity (Wildman–Crippen MR) is 87.5 cm³/mol. The molecule has 2 heteroatoms. The Balaban J connectivity index is 1.66. The van der Waals surface area contributed by atoms with E-state index in [0.29, 0.717) is 6.61 Å². The van der Waals surface area contributed by atoms with Crippen LogP contribution in [0.3, 0.4) is 0 Å². The van der Waals surface area contributed by atoms with E-state index in [1.165, 1.54) is 10.8 Å². The van der Waals surface area contributed by atoms with Gasteiger partial charge in [-0.15, -0.1) is 0 Å². The Kier molecular flexibility index (Phi) is 3.21. The van der Waals surface area contributed by atoms with Gasteiger partial charge in [0.05, 0.1) is 6.61 Å². The van der Waals surface area contributed by atoms with Crippen molar-refractivity contribution >= 4 is 10.8 Å². The molecular formula is C20H18O2. The monoisotopic (exact) mass is 290 g/mol. The second-order valence-corrected chi connectivity index (χ2v) is 5.84. The largest absolute Gasteiger partial charge is 0.343 e. The van der Waals surface area contributed by atoms with Gasteiger partial charge in [0.1, 0.15) is 6.10 Å². The molecule has 0 unspecified atom stereocenters. The number of benzene rings is 3. The van der Waals surface area contributed by atoms with Crippen molar-refractivity contribution in [2.75, 3.05) is 6.61 Å². The fourth-order valence-corrected chi connectivity index (χ4v) is 3.03. The predicted octanol–water partition coefficient (Wildman–Crippen LogP) is 4.80. The molecule has 1 aliphatic heterocycles. The van der Waals surface area contributed by atoms with E-state index in [-0.39, 0.29) is 6.10 Å². The molecule has 1 aliphatic rings. The Morgan fingerprint density at radius 1 is 0.864 bits per heavy atom. The van der Waals surface area contributed by atoms with Crippen LogP contribution >= 0.6 is 0 Å². The Morgan fingerprint density at radius 3 is 2.41 bits per heavy atom. The van der Waals surface area contributed by atoms with E-state index in [9.17, 15) is 0 Å². The summed E-state index contributed by atoms with van der Waals surface area (Å²) < 4.78 is 12.3. The fourth-order valence-electron chi connectivity index (χ4n) is 3.03. The summed E-state index contributed by atoms with van der Waals surface area (Å²) in [5.41, 5.74) is 2.22. The Morgan fingerprint density at radius 2 is 1.59 bits per heavy atom. The maximum absolute atomic E-state index is 6.25. The number of hydrogen-bond donors (Lipinski definition) is 0. The molecule has 0 saturated carbocycles. The topological polar surface area (TPSA) is 18.5 Å². The van der Waals surface area contributed by atoms with Crippen molar-refractivity contribution in [2.45, 2.75) is 18.8 Å². The highest BCUT2D eigenvalue weighted by molar-refractivity contribution is 5.83. The van der Waals surface area contributed by atoms with Crippen LogP contribution in [0.5, 0.6) is 0 Å². The van der Waals surface area contributed by atoms with Crippen LogP contribution in [0.25, 0.3) is 10.8 Å². The van der Waals surface area contributed by atoms with Gasteiger partial charge in [0.2, 0.25) is 0 Å². The number of fused-ring (bicyclic) bond motifs is 1. The third-order valence-corrected chi connectivity index (χ3v) is 4.32. The summed E-state index contributed by atoms with van der Waals surface area (Å²) in [6.07, 6.45) is -0.0160. The highest BCUT2D eigenvalue weighted by Gasteiger charge is 2.39. The molecule has 0 aliphatic carbocycles. The average Bonchev–Trinajstić information content (AvgIpc) is 2.99. The minimum atomic E-state index is -0.690. The lowest BCUT2D eigenvalue weighted by Crippen LogP contribution is -2.22. The first-order valence-electron chi connectivity index (χ1n) is 7.61. The zero-order chi connectivity index (χ0) is 15.0. The van der Waals surface area contributed by atoms with E-state index in [2.05, 4.69) is 54.6 Å². The molecule has 0 N–H and O–H groups in total. The average molecular weight is 290 g/mol. The molecular weight excluding hydrogens is 272 g/mol. The quantitative estimate of drug-likeness (QED) is 0.675. The molecule has 0 spiro atoms. The van der Waals surface area contributed by atoms with Gasteiger partial charge in [-0.05, 0) is 29.3 Å². The van der Waals surface area contributed by atoms with Gasteiger partial charge in [-0.25, -0.2) is 0 Å². The van der Waals surface area contributed by atoms with E-state index >= 15 is 0 Å². The molecule has 110 valence electrons. The van der Waals surface area contributed by atoms with Crippen molar-refractivity contribution in [1.29, 1.82) is 0 Å². The number of ether oxygens (including phenoxy) is 2. The van der Waals surface area contributed by atoms with Crippen molar-refractivity contribution in [3.63, 3.8) is 0 Å². The van der Waals surface area contributed by atoms with Gasteiger partial charge in [-0.3, -0.25) is 0 Å². The fraction of sp³-hybridized carbons (Fsp3) is 0.200. The summed E-state index contributed by atoms with van der Waals surface area (Å²) in [5.74, 6) is -0.690. The van der Waals surface area contributed by atoms with Gasteiger partial charge < -0.3 is 9.47 Å². The Labute approximate surface area is 130 Å². The summed E-state index contributed by atoms with van der Waals surface area (Å²) in [7, 11) is 0. The van der Waals surface area contributed by atoms with E-state index < -0.39 is 5.79 Å². The Bertz CT molecular complexity index is 797. The molecule has 0 radical (unpaired) electrons. The maximum Gasteiger partial charge on any atom is 0.192 e. The van der Waals surface area contributed by atoms with Crippen LogP contribution in [0, 0.1) is 0 Å². The van der Waals surface area contributed by atoms with Crippen molar-refractivity contribution in [1.82, 2.24) is 0 Å². The molecule has 22 heavy (non-hydrogen) atoms. The van der Waals surface area contributed by atoms with Gasteiger partial charge in [0, 0.05) is 5.56 Å². The Hall–Kier alpha value is -2.16.